The van der Waals surface area contributed by atoms with Crippen LogP contribution in [0.5, 0.6) is 0 Å². The predicted molar refractivity (Wildman–Crippen MR) is 106 cm³/mol. The molecule has 0 spiro atoms. The second-order valence-electron chi connectivity index (χ2n) is 6.83. The largest absolute Gasteiger partial charge is 0.372 e. The zero-order chi connectivity index (χ0) is 20.1. The molecule has 4 rings (SSSR count). The zero-order valence-corrected chi connectivity index (χ0v) is 16.3. The molecule has 0 amide bonds. The van der Waals surface area contributed by atoms with Gasteiger partial charge in [0.05, 0.1) is 33.1 Å². The normalized spacial score (nSPS) is 19.3. The van der Waals surface area contributed by atoms with Crippen molar-refractivity contribution < 1.29 is 8.78 Å². The van der Waals surface area contributed by atoms with E-state index in [0.717, 1.165) is 0 Å². The monoisotopic (exact) mass is 424 g/mol. The highest BCUT2D eigenvalue weighted by atomic mass is 35.5. The quantitative estimate of drug-likeness (QED) is 0.627. The Morgan fingerprint density at radius 2 is 2.04 bits per heavy atom. The van der Waals surface area contributed by atoms with Gasteiger partial charge in [0.2, 0.25) is 0 Å². The molecule has 0 unspecified atom stereocenters. The third kappa shape index (κ3) is 2.94. The maximum atomic E-state index is 15.2. The smallest absolute Gasteiger partial charge is 0.263 e. The fraction of sp³-hybridized carbons (Fsp3) is 0.263. The Morgan fingerprint density at radius 1 is 1.25 bits per heavy atom. The van der Waals surface area contributed by atoms with E-state index in [4.69, 9.17) is 23.2 Å². The Labute approximate surface area is 169 Å². The maximum absolute atomic E-state index is 15.2. The van der Waals surface area contributed by atoms with Crippen LogP contribution in [-0.4, -0.2) is 22.6 Å². The van der Waals surface area contributed by atoms with E-state index < -0.39 is 22.7 Å². The third-order valence-corrected chi connectivity index (χ3v) is 5.88. The molecule has 1 aliphatic rings. The number of aromatic nitrogens is 2. The van der Waals surface area contributed by atoms with Gasteiger partial charge in [-0.25, -0.2) is 13.8 Å². The number of hydrogen-bond acceptors (Lipinski definition) is 4. The maximum Gasteiger partial charge on any atom is 0.263 e. The van der Waals surface area contributed by atoms with Gasteiger partial charge in [-0.15, -0.1) is 0 Å². The van der Waals surface area contributed by atoms with E-state index in [9.17, 15) is 9.18 Å². The van der Waals surface area contributed by atoms with Crippen LogP contribution in [0.4, 0.5) is 14.5 Å². The molecular weight excluding hydrogens is 409 g/mol. The molecule has 0 saturated carbocycles. The number of fused-ring (bicyclic) bond motifs is 1. The molecule has 2 N–H and O–H groups in total. The highest BCUT2D eigenvalue weighted by molar-refractivity contribution is 6.42. The van der Waals surface area contributed by atoms with Crippen molar-refractivity contribution in [3.05, 3.63) is 68.2 Å². The van der Waals surface area contributed by atoms with Gasteiger partial charge >= 0.3 is 0 Å². The van der Waals surface area contributed by atoms with Crippen LogP contribution in [-0.2, 0) is 12.6 Å². The first kappa shape index (κ1) is 19.1. The lowest BCUT2D eigenvalue weighted by atomic mass is 9.87. The number of benzene rings is 2. The Bertz CT molecular complexity index is 1140. The summed E-state index contributed by atoms with van der Waals surface area (Å²) in [6.07, 6.45) is 1.78. The van der Waals surface area contributed by atoms with Crippen molar-refractivity contribution in [2.45, 2.75) is 12.0 Å². The first-order valence-corrected chi connectivity index (χ1v) is 9.36. The second-order valence-corrected chi connectivity index (χ2v) is 7.62. The van der Waals surface area contributed by atoms with Crippen LogP contribution in [0, 0.1) is 11.6 Å². The molecule has 3 aromatic rings. The zero-order valence-electron chi connectivity index (χ0n) is 14.8. The lowest BCUT2D eigenvalue weighted by Crippen LogP contribution is -2.39. The van der Waals surface area contributed by atoms with Gasteiger partial charge in [-0.3, -0.25) is 4.79 Å². The highest BCUT2D eigenvalue weighted by Gasteiger charge is 2.40. The first-order valence-electron chi connectivity index (χ1n) is 8.61. The second kappa shape index (κ2) is 6.99. The minimum Gasteiger partial charge on any atom is -0.372 e. The molecule has 5 nitrogen and oxygen atoms in total. The minimum atomic E-state index is -1.02. The summed E-state index contributed by atoms with van der Waals surface area (Å²) >= 11 is 12.4. The van der Waals surface area contributed by atoms with Crippen LogP contribution >= 0.6 is 23.2 Å². The third-order valence-electron chi connectivity index (χ3n) is 5.08. The molecule has 1 fully saturated rings. The Morgan fingerprint density at radius 3 is 2.75 bits per heavy atom. The summed E-state index contributed by atoms with van der Waals surface area (Å²) in [5.74, 6) is -1.28. The van der Waals surface area contributed by atoms with E-state index in [1.54, 1.807) is 6.07 Å². The summed E-state index contributed by atoms with van der Waals surface area (Å²) in [6.45, 7) is 0.889. The van der Waals surface area contributed by atoms with Gasteiger partial charge in [0.1, 0.15) is 11.2 Å². The fourth-order valence-electron chi connectivity index (χ4n) is 3.65. The van der Waals surface area contributed by atoms with Crippen molar-refractivity contribution in [2.24, 2.45) is 7.05 Å². The number of anilines is 1. The fourth-order valence-corrected chi connectivity index (χ4v) is 4.14. The number of hydrogen-bond donors (Lipinski definition) is 2. The lowest BCUT2D eigenvalue weighted by molar-refractivity contribution is 0.491. The summed E-state index contributed by atoms with van der Waals surface area (Å²) in [6, 6.07) is 5.65. The van der Waals surface area contributed by atoms with E-state index in [1.165, 1.54) is 36.1 Å². The van der Waals surface area contributed by atoms with Crippen LogP contribution in [0.1, 0.15) is 12.0 Å². The van der Waals surface area contributed by atoms with Gasteiger partial charge in [0, 0.05) is 19.2 Å². The summed E-state index contributed by atoms with van der Waals surface area (Å²) in [5, 5.41) is 6.40. The van der Waals surface area contributed by atoms with Crippen LogP contribution < -0.4 is 16.2 Å². The van der Waals surface area contributed by atoms with Crippen molar-refractivity contribution in [2.75, 3.05) is 18.4 Å². The average molecular weight is 425 g/mol. The number of rotatable bonds is 3. The molecule has 28 heavy (non-hydrogen) atoms. The average Bonchev–Trinajstić information content (AvgIpc) is 3.13. The van der Waals surface area contributed by atoms with Crippen LogP contribution in [0.3, 0.4) is 0 Å². The van der Waals surface area contributed by atoms with Gasteiger partial charge in [0.15, 0.2) is 5.82 Å². The van der Waals surface area contributed by atoms with E-state index in [1.807, 2.05) is 0 Å². The number of nitrogens with zero attached hydrogens (tertiary/aromatic N) is 2. The predicted octanol–water partition coefficient (Wildman–Crippen LogP) is 3.82. The topological polar surface area (TPSA) is 59.0 Å². The molecule has 2 heterocycles. The highest BCUT2D eigenvalue weighted by Crippen LogP contribution is 2.41. The van der Waals surface area contributed by atoms with E-state index in [2.05, 4.69) is 15.6 Å². The van der Waals surface area contributed by atoms with Gasteiger partial charge in [-0.05, 0) is 37.2 Å². The van der Waals surface area contributed by atoms with Crippen molar-refractivity contribution in [1.82, 2.24) is 14.9 Å². The molecule has 1 atom stereocenters. The van der Waals surface area contributed by atoms with Crippen LogP contribution in [0.25, 0.3) is 10.9 Å². The number of nitrogens with one attached hydrogen (secondary N) is 2. The summed E-state index contributed by atoms with van der Waals surface area (Å²) in [4.78, 5) is 16.5. The van der Waals surface area contributed by atoms with Crippen molar-refractivity contribution in [1.29, 1.82) is 0 Å². The molecule has 1 aliphatic heterocycles. The molecule has 0 radical (unpaired) electrons. The van der Waals surface area contributed by atoms with E-state index >= 15 is 4.39 Å². The van der Waals surface area contributed by atoms with Crippen molar-refractivity contribution in [3.8, 4) is 0 Å². The minimum absolute atomic E-state index is 0.0664. The Kier molecular flexibility index (Phi) is 4.77. The summed E-state index contributed by atoms with van der Waals surface area (Å²) in [7, 11) is 1.50. The van der Waals surface area contributed by atoms with Crippen LogP contribution in [0.2, 0.25) is 10.0 Å². The van der Waals surface area contributed by atoms with Gasteiger partial charge < -0.3 is 15.2 Å². The molecule has 0 aliphatic carbocycles. The van der Waals surface area contributed by atoms with Gasteiger partial charge in [-0.1, -0.05) is 23.2 Å². The standard InChI is InChI=1S/C19H16Cl2F2N4O/c1-27-9-25-12-4-5-13(17(23)14(12)18(27)28)26-19(6-7-24-8-19)15-11(22)3-2-10(20)16(15)21/h2-5,9,24,26H,6-8H2,1H3/t19-/m1/s1. The molecule has 146 valence electrons. The van der Waals surface area contributed by atoms with Crippen molar-refractivity contribution >= 4 is 39.8 Å². The lowest BCUT2D eigenvalue weighted by Gasteiger charge is -2.33. The van der Waals surface area contributed by atoms with Crippen molar-refractivity contribution in [3.63, 3.8) is 0 Å². The Balaban J connectivity index is 1.89. The molecule has 1 aromatic heterocycles. The number of aryl methyl sites for hydroxylation is 1. The Hall–Kier alpha value is -2.22. The molecule has 0 bridgehead atoms. The first-order chi connectivity index (χ1) is 13.3. The van der Waals surface area contributed by atoms with Gasteiger partial charge in [-0.2, -0.15) is 0 Å². The molecule has 9 heteroatoms. The van der Waals surface area contributed by atoms with E-state index in [0.29, 0.717) is 19.5 Å². The molecular formula is C19H16Cl2F2N4O. The molecule has 2 aromatic carbocycles. The SMILES string of the molecule is Cn1cnc2ccc(N[C@]3(c4c(F)ccc(Cl)c4Cl)CCNC3)c(F)c2c1=O. The summed E-state index contributed by atoms with van der Waals surface area (Å²) < 4.78 is 31.2. The number of halogens is 4. The van der Waals surface area contributed by atoms with Crippen LogP contribution in [0.15, 0.2) is 35.4 Å². The van der Waals surface area contributed by atoms with E-state index in [-0.39, 0.29) is 32.2 Å². The van der Waals surface area contributed by atoms with Gasteiger partial charge in [0.25, 0.3) is 5.56 Å². The summed E-state index contributed by atoms with van der Waals surface area (Å²) in [5.41, 5.74) is -1.04. The molecule has 1 saturated heterocycles.